The minimum atomic E-state index is -0.810. The molecule has 1 saturated heterocycles. The Hall–Kier alpha value is -2.71. The number of amides is 2. The Bertz CT molecular complexity index is 809. The van der Waals surface area contributed by atoms with Gasteiger partial charge >= 0.3 is 0 Å². The molecule has 25 heavy (non-hydrogen) atoms. The van der Waals surface area contributed by atoms with E-state index in [1.54, 1.807) is 4.57 Å². The summed E-state index contributed by atoms with van der Waals surface area (Å²) < 4.78 is 12.7. The van der Waals surface area contributed by atoms with E-state index >= 15 is 0 Å². The predicted octanol–water partition coefficient (Wildman–Crippen LogP) is 0.526. The normalized spacial score (nSPS) is 17.4. The first-order chi connectivity index (χ1) is 12.0. The molecule has 0 bridgehead atoms. The molecule has 1 atom stereocenters. The van der Waals surface area contributed by atoms with Crippen molar-refractivity contribution in [1.82, 2.24) is 9.55 Å². The maximum Gasteiger partial charge on any atom is 0.269 e. The summed E-state index contributed by atoms with van der Waals surface area (Å²) in [6.07, 6.45) is -0.496. The fourth-order valence-corrected chi connectivity index (χ4v) is 2.89. The third kappa shape index (κ3) is 3.40. The summed E-state index contributed by atoms with van der Waals surface area (Å²) in [5.74, 6) is -1.17. The van der Waals surface area contributed by atoms with Gasteiger partial charge in [0.2, 0.25) is 0 Å². The summed E-state index contributed by atoms with van der Waals surface area (Å²) in [5.41, 5.74) is 12.7. The van der Waals surface area contributed by atoms with E-state index in [0.717, 1.165) is 11.1 Å². The third-order valence-corrected chi connectivity index (χ3v) is 4.16. The van der Waals surface area contributed by atoms with E-state index in [9.17, 15) is 9.59 Å². The van der Waals surface area contributed by atoms with Crippen LogP contribution < -0.4 is 11.5 Å². The number of benzene rings is 1. The zero-order chi connectivity index (χ0) is 18.0. The Morgan fingerprint density at radius 2 is 2.00 bits per heavy atom. The van der Waals surface area contributed by atoms with Crippen LogP contribution in [0.4, 0.5) is 0 Å². The molecule has 1 unspecified atom stereocenters. The second-order valence-electron chi connectivity index (χ2n) is 5.84. The van der Waals surface area contributed by atoms with Gasteiger partial charge in [0.05, 0.1) is 19.8 Å². The molecule has 0 saturated carbocycles. The van der Waals surface area contributed by atoms with Crippen LogP contribution in [0.3, 0.4) is 0 Å². The van der Waals surface area contributed by atoms with E-state index < -0.39 is 17.9 Å². The summed E-state index contributed by atoms with van der Waals surface area (Å²) >= 11 is 0. The molecule has 1 aliphatic heterocycles. The van der Waals surface area contributed by atoms with Gasteiger partial charge in [0.25, 0.3) is 11.8 Å². The molecule has 1 aromatic heterocycles. The van der Waals surface area contributed by atoms with Gasteiger partial charge in [-0.05, 0) is 18.1 Å². The van der Waals surface area contributed by atoms with Crippen molar-refractivity contribution >= 4 is 11.8 Å². The van der Waals surface area contributed by atoms with Gasteiger partial charge in [0.15, 0.2) is 5.69 Å². The second kappa shape index (κ2) is 7.04. The van der Waals surface area contributed by atoms with Crippen molar-refractivity contribution in [3.8, 4) is 0 Å². The molecule has 1 aromatic carbocycles. The van der Waals surface area contributed by atoms with E-state index in [2.05, 4.69) is 4.98 Å². The number of carbonyl (C=O) groups is 2. The van der Waals surface area contributed by atoms with E-state index in [-0.39, 0.29) is 18.0 Å². The first-order valence-electron chi connectivity index (χ1n) is 7.93. The van der Waals surface area contributed by atoms with Gasteiger partial charge in [0, 0.05) is 6.54 Å². The molecule has 132 valence electrons. The van der Waals surface area contributed by atoms with Crippen molar-refractivity contribution in [2.75, 3.05) is 19.8 Å². The molecule has 0 aliphatic carbocycles. The Morgan fingerprint density at radius 1 is 1.24 bits per heavy atom. The third-order valence-electron chi connectivity index (χ3n) is 4.16. The van der Waals surface area contributed by atoms with Crippen molar-refractivity contribution in [2.45, 2.75) is 19.6 Å². The number of aromatic nitrogens is 2. The molecule has 0 radical (unpaired) electrons. The number of hydrogen-bond donors (Lipinski definition) is 2. The Labute approximate surface area is 144 Å². The summed E-state index contributed by atoms with van der Waals surface area (Å²) in [4.78, 5) is 28.0. The quantitative estimate of drug-likeness (QED) is 0.819. The first kappa shape index (κ1) is 17.1. The lowest BCUT2D eigenvalue weighted by atomic mass is 10.1. The number of nitrogens with two attached hydrogens (primary N) is 2. The van der Waals surface area contributed by atoms with Crippen LogP contribution >= 0.6 is 0 Å². The van der Waals surface area contributed by atoms with Crippen molar-refractivity contribution < 1.29 is 19.1 Å². The molecule has 0 spiro atoms. The number of primary amides is 2. The van der Waals surface area contributed by atoms with Gasteiger partial charge in [-0.2, -0.15) is 0 Å². The summed E-state index contributed by atoms with van der Waals surface area (Å²) in [7, 11) is 0. The van der Waals surface area contributed by atoms with Gasteiger partial charge < -0.3 is 25.5 Å². The Kier molecular flexibility index (Phi) is 4.82. The number of aryl methyl sites for hydroxylation is 1. The standard InChI is InChI=1S/C17H20N4O4/c1-10-4-2-3-5-11(10)8-21-14(16(19)23)13(15(18)22)20-17(21)12-9-24-6-7-25-12/h2-5,12H,6-9H2,1H3,(H2,18,22)(H2,19,23). The maximum absolute atomic E-state index is 12.0. The van der Waals surface area contributed by atoms with Gasteiger partial charge in [-0.15, -0.1) is 0 Å². The molecule has 1 fully saturated rings. The zero-order valence-electron chi connectivity index (χ0n) is 13.9. The van der Waals surface area contributed by atoms with Crippen LogP contribution in [-0.2, 0) is 16.0 Å². The van der Waals surface area contributed by atoms with Crippen LogP contribution in [0.5, 0.6) is 0 Å². The largest absolute Gasteiger partial charge is 0.376 e. The lowest BCUT2D eigenvalue weighted by Crippen LogP contribution is -2.27. The molecule has 4 N–H and O–H groups in total. The fraction of sp³-hybridized carbons (Fsp3) is 0.353. The Balaban J connectivity index is 2.13. The number of rotatable bonds is 5. The molecule has 8 nitrogen and oxygen atoms in total. The first-order valence-corrected chi connectivity index (χ1v) is 7.93. The van der Waals surface area contributed by atoms with Crippen LogP contribution in [-0.4, -0.2) is 41.2 Å². The van der Waals surface area contributed by atoms with Crippen molar-refractivity contribution in [2.24, 2.45) is 11.5 Å². The van der Waals surface area contributed by atoms with Crippen LogP contribution in [0, 0.1) is 6.92 Å². The van der Waals surface area contributed by atoms with E-state index in [4.69, 9.17) is 20.9 Å². The molecule has 8 heteroatoms. The lowest BCUT2D eigenvalue weighted by Gasteiger charge is -2.24. The predicted molar refractivity (Wildman–Crippen MR) is 89.1 cm³/mol. The highest BCUT2D eigenvalue weighted by Gasteiger charge is 2.30. The van der Waals surface area contributed by atoms with E-state index in [1.165, 1.54) is 0 Å². The van der Waals surface area contributed by atoms with E-state index in [0.29, 0.717) is 25.6 Å². The molecule has 1 aliphatic rings. The minimum Gasteiger partial charge on any atom is -0.376 e. The number of hydrogen-bond acceptors (Lipinski definition) is 5. The molecule has 2 amide bonds. The second-order valence-corrected chi connectivity index (χ2v) is 5.84. The molecule has 2 heterocycles. The zero-order valence-corrected chi connectivity index (χ0v) is 13.9. The smallest absolute Gasteiger partial charge is 0.269 e. The van der Waals surface area contributed by atoms with Crippen LogP contribution in [0.15, 0.2) is 24.3 Å². The SMILES string of the molecule is Cc1ccccc1Cn1c(C2COCCO2)nc(C(N)=O)c1C(N)=O. The highest BCUT2D eigenvalue weighted by Crippen LogP contribution is 2.25. The van der Waals surface area contributed by atoms with Gasteiger partial charge in [-0.25, -0.2) is 4.98 Å². The van der Waals surface area contributed by atoms with Crippen molar-refractivity contribution in [1.29, 1.82) is 0 Å². The monoisotopic (exact) mass is 344 g/mol. The maximum atomic E-state index is 12.0. The summed E-state index contributed by atoms with van der Waals surface area (Å²) in [6, 6.07) is 7.73. The summed E-state index contributed by atoms with van der Waals surface area (Å²) in [5, 5.41) is 0. The number of carbonyl (C=O) groups excluding carboxylic acids is 2. The summed E-state index contributed by atoms with van der Waals surface area (Å²) in [6.45, 7) is 3.45. The average molecular weight is 344 g/mol. The number of ether oxygens (including phenoxy) is 2. The topological polar surface area (TPSA) is 122 Å². The Morgan fingerprint density at radius 3 is 2.60 bits per heavy atom. The van der Waals surface area contributed by atoms with E-state index in [1.807, 2.05) is 31.2 Å². The van der Waals surface area contributed by atoms with Gasteiger partial charge in [0.1, 0.15) is 17.6 Å². The highest BCUT2D eigenvalue weighted by molar-refractivity contribution is 6.04. The van der Waals surface area contributed by atoms with Crippen LogP contribution in [0.2, 0.25) is 0 Å². The molecule has 2 aromatic rings. The number of nitrogens with zero attached hydrogens (tertiary/aromatic N) is 2. The van der Waals surface area contributed by atoms with Crippen LogP contribution in [0.1, 0.15) is 44.0 Å². The van der Waals surface area contributed by atoms with Crippen molar-refractivity contribution in [3.05, 3.63) is 52.6 Å². The molecular formula is C17H20N4O4. The van der Waals surface area contributed by atoms with Crippen LogP contribution in [0.25, 0.3) is 0 Å². The minimum absolute atomic E-state index is 0.0140. The molecule has 3 rings (SSSR count). The van der Waals surface area contributed by atoms with Crippen molar-refractivity contribution in [3.63, 3.8) is 0 Å². The average Bonchev–Trinajstić information content (AvgIpc) is 2.97. The number of imidazole rings is 1. The van der Waals surface area contributed by atoms with Gasteiger partial charge in [-0.3, -0.25) is 9.59 Å². The lowest BCUT2D eigenvalue weighted by molar-refractivity contribution is -0.0946. The molecular weight excluding hydrogens is 324 g/mol. The fourth-order valence-electron chi connectivity index (χ4n) is 2.89. The van der Waals surface area contributed by atoms with Gasteiger partial charge in [-0.1, -0.05) is 24.3 Å². The highest BCUT2D eigenvalue weighted by atomic mass is 16.6.